The lowest BCUT2D eigenvalue weighted by Gasteiger charge is -2.22. The van der Waals surface area contributed by atoms with E-state index in [4.69, 9.17) is 19.3 Å². The average molecular weight is 441 g/mol. The van der Waals surface area contributed by atoms with E-state index in [2.05, 4.69) is 5.32 Å². The number of ether oxygens (including phenoxy) is 3. The van der Waals surface area contributed by atoms with E-state index in [0.717, 1.165) is 11.6 Å². The number of amides is 1. The SMILES string of the molecule is CCC(C)[C@H](NC(=O)OCc1ccccc1)C(=O)Oc1ccc(/C=C/C(=O)O)cc1OC. The first-order valence-corrected chi connectivity index (χ1v) is 10.1. The van der Waals surface area contributed by atoms with Crippen LogP contribution in [-0.2, 0) is 20.9 Å². The molecule has 2 aromatic carbocycles. The number of carbonyl (C=O) groups is 3. The fraction of sp³-hybridized carbons (Fsp3) is 0.292. The van der Waals surface area contributed by atoms with Crippen LogP contribution in [0.2, 0.25) is 0 Å². The summed E-state index contributed by atoms with van der Waals surface area (Å²) in [5.41, 5.74) is 1.39. The summed E-state index contributed by atoms with van der Waals surface area (Å²) in [5.74, 6) is -1.56. The molecular weight excluding hydrogens is 414 g/mol. The van der Waals surface area contributed by atoms with Gasteiger partial charge in [-0.15, -0.1) is 0 Å². The minimum atomic E-state index is -1.08. The summed E-state index contributed by atoms with van der Waals surface area (Å²) >= 11 is 0. The number of benzene rings is 2. The molecule has 32 heavy (non-hydrogen) atoms. The molecule has 0 saturated carbocycles. The highest BCUT2D eigenvalue weighted by molar-refractivity contribution is 5.86. The molecule has 2 aromatic rings. The van der Waals surface area contributed by atoms with Gasteiger partial charge in [0.2, 0.25) is 0 Å². The van der Waals surface area contributed by atoms with Gasteiger partial charge in [0.25, 0.3) is 0 Å². The third-order valence-electron chi connectivity index (χ3n) is 4.77. The normalized spacial score (nSPS) is 12.6. The summed E-state index contributed by atoms with van der Waals surface area (Å²) in [6.07, 6.45) is 2.28. The molecule has 0 aliphatic heterocycles. The Morgan fingerprint density at radius 2 is 1.81 bits per heavy atom. The Bertz CT molecular complexity index is 956. The number of nitrogens with one attached hydrogen (secondary N) is 1. The first-order chi connectivity index (χ1) is 15.3. The molecule has 0 saturated heterocycles. The van der Waals surface area contributed by atoms with Crippen molar-refractivity contribution in [1.82, 2.24) is 5.32 Å². The average Bonchev–Trinajstić information content (AvgIpc) is 2.80. The second kappa shape index (κ2) is 12.1. The van der Waals surface area contributed by atoms with Gasteiger partial charge in [-0.05, 0) is 35.3 Å². The molecule has 8 heteroatoms. The molecule has 1 amide bonds. The molecule has 2 rings (SSSR count). The van der Waals surface area contributed by atoms with Crippen LogP contribution in [-0.4, -0.2) is 36.3 Å². The van der Waals surface area contributed by atoms with Crippen molar-refractivity contribution >= 4 is 24.1 Å². The van der Waals surface area contributed by atoms with Gasteiger partial charge < -0.3 is 24.6 Å². The predicted octanol–water partition coefficient (Wildman–Crippen LogP) is 4.04. The third-order valence-corrected chi connectivity index (χ3v) is 4.77. The predicted molar refractivity (Wildman–Crippen MR) is 118 cm³/mol. The van der Waals surface area contributed by atoms with Gasteiger partial charge in [-0.25, -0.2) is 14.4 Å². The number of rotatable bonds is 10. The number of carboxylic acids is 1. The molecule has 0 bridgehead atoms. The summed E-state index contributed by atoms with van der Waals surface area (Å²) < 4.78 is 16.0. The molecule has 0 heterocycles. The van der Waals surface area contributed by atoms with Crippen LogP contribution in [0.5, 0.6) is 11.5 Å². The van der Waals surface area contributed by atoms with Crippen molar-refractivity contribution in [2.24, 2.45) is 5.92 Å². The van der Waals surface area contributed by atoms with Crippen molar-refractivity contribution < 1.29 is 33.7 Å². The molecule has 8 nitrogen and oxygen atoms in total. The van der Waals surface area contributed by atoms with Gasteiger partial charge >= 0.3 is 18.0 Å². The van der Waals surface area contributed by atoms with Crippen LogP contribution in [0.4, 0.5) is 4.79 Å². The number of hydrogen-bond donors (Lipinski definition) is 2. The van der Waals surface area contributed by atoms with Crippen molar-refractivity contribution in [3.8, 4) is 11.5 Å². The number of hydrogen-bond acceptors (Lipinski definition) is 6. The van der Waals surface area contributed by atoms with E-state index >= 15 is 0 Å². The minimum Gasteiger partial charge on any atom is -0.493 e. The second-order valence-electron chi connectivity index (χ2n) is 7.07. The summed E-state index contributed by atoms with van der Waals surface area (Å²) in [6.45, 7) is 3.79. The maximum Gasteiger partial charge on any atom is 0.408 e. The Balaban J connectivity index is 2.08. The molecule has 0 fully saturated rings. The molecule has 1 unspecified atom stereocenters. The molecule has 0 aliphatic carbocycles. The van der Waals surface area contributed by atoms with Gasteiger partial charge in [0, 0.05) is 6.08 Å². The smallest absolute Gasteiger partial charge is 0.408 e. The van der Waals surface area contributed by atoms with E-state index in [9.17, 15) is 14.4 Å². The van der Waals surface area contributed by atoms with E-state index in [-0.39, 0.29) is 24.0 Å². The van der Waals surface area contributed by atoms with Gasteiger partial charge in [0.1, 0.15) is 12.6 Å². The van der Waals surface area contributed by atoms with Crippen molar-refractivity contribution in [3.05, 3.63) is 65.7 Å². The molecule has 170 valence electrons. The van der Waals surface area contributed by atoms with Crippen LogP contribution in [0.25, 0.3) is 6.08 Å². The molecule has 2 N–H and O–H groups in total. The lowest BCUT2D eigenvalue weighted by molar-refractivity contribution is -0.138. The Morgan fingerprint density at radius 1 is 1.09 bits per heavy atom. The number of esters is 1. The summed E-state index contributed by atoms with van der Waals surface area (Å²) in [5, 5.41) is 11.3. The van der Waals surface area contributed by atoms with Crippen molar-refractivity contribution in [2.45, 2.75) is 32.9 Å². The van der Waals surface area contributed by atoms with Crippen molar-refractivity contribution in [1.29, 1.82) is 0 Å². The monoisotopic (exact) mass is 441 g/mol. The molecule has 0 radical (unpaired) electrons. The Morgan fingerprint density at radius 3 is 2.44 bits per heavy atom. The molecule has 2 atom stereocenters. The Hall–Kier alpha value is -3.81. The van der Waals surface area contributed by atoms with Crippen LogP contribution < -0.4 is 14.8 Å². The quantitative estimate of drug-likeness (QED) is 0.325. The van der Waals surface area contributed by atoms with Gasteiger partial charge in [-0.1, -0.05) is 56.7 Å². The lowest BCUT2D eigenvalue weighted by atomic mass is 9.99. The zero-order valence-corrected chi connectivity index (χ0v) is 18.2. The van der Waals surface area contributed by atoms with Crippen molar-refractivity contribution in [3.63, 3.8) is 0 Å². The molecular formula is C24H27NO7. The van der Waals surface area contributed by atoms with E-state index in [1.165, 1.54) is 19.3 Å². The van der Waals surface area contributed by atoms with Crippen LogP contribution in [0.1, 0.15) is 31.4 Å². The number of carbonyl (C=O) groups excluding carboxylic acids is 2. The van der Waals surface area contributed by atoms with E-state index in [1.54, 1.807) is 12.1 Å². The standard InChI is InChI=1S/C24H27NO7/c1-4-16(2)22(25-24(29)31-15-18-8-6-5-7-9-18)23(28)32-19-12-10-17(11-13-21(26)27)14-20(19)30-3/h5-14,16,22H,4,15H2,1-3H3,(H,25,29)(H,26,27)/b13-11+/t16?,22-/m0/s1. The third kappa shape index (κ3) is 7.46. The summed E-state index contributed by atoms with van der Waals surface area (Å²) in [4.78, 5) is 35.8. The molecule has 0 spiro atoms. The first kappa shape index (κ1) is 24.5. The zero-order chi connectivity index (χ0) is 23.5. The van der Waals surface area contributed by atoms with Gasteiger partial charge in [0.15, 0.2) is 11.5 Å². The van der Waals surface area contributed by atoms with Gasteiger partial charge in [-0.3, -0.25) is 0 Å². The fourth-order valence-corrected chi connectivity index (χ4v) is 2.77. The van der Waals surface area contributed by atoms with Crippen molar-refractivity contribution in [2.75, 3.05) is 7.11 Å². The highest BCUT2D eigenvalue weighted by Crippen LogP contribution is 2.29. The summed E-state index contributed by atoms with van der Waals surface area (Å²) in [6, 6.07) is 12.9. The minimum absolute atomic E-state index is 0.0775. The molecule has 0 aliphatic rings. The second-order valence-corrected chi connectivity index (χ2v) is 7.07. The fourth-order valence-electron chi connectivity index (χ4n) is 2.77. The first-order valence-electron chi connectivity index (χ1n) is 10.1. The van der Waals surface area contributed by atoms with Crippen LogP contribution in [0, 0.1) is 5.92 Å². The van der Waals surface area contributed by atoms with E-state index in [0.29, 0.717) is 12.0 Å². The Labute approximate surface area is 186 Å². The Kier molecular flexibility index (Phi) is 9.28. The number of carboxylic acid groups (broad SMARTS) is 1. The number of aliphatic carboxylic acids is 1. The maximum absolute atomic E-state index is 12.9. The van der Waals surface area contributed by atoms with E-state index < -0.39 is 24.1 Å². The number of alkyl carbamates (subject to hydrolysis) is 1. The van der Waals surface area contributed by atoms with Gasteiger partial charge in [0.05, 0.1) is 7.11 Å². The zero-order valence-electron chi connectivity index (χ0n) is 18.2. The largest absolute Gasteiger partial charge is 0.493 e. The van der Waals surface area contributed by atoms with Gasteiger partial charge in [-0.2, -0.15) is 0 Å². The maximum atomic E-state index is 12.9. The number of methoxy groups -OCH3 is 1. The molecule has 0 aromatic heterocycles. The van der Waals surface area contributed by atoms with Crippen LogP contribution >= 0.6 is 0 Å². The lowest BCUT2D eigenvalue weighted by Crippen LogP contribution is -2.47. The van der Waals surface area contributed by atoms with E-state index in [1.807, 2.05) is 44.2 Å². The summed E-state index contributed by atoms with van der Waals surface area (Å²) in [7, 11) is 1.41. The topological polar surface area (TPSA) is 111 Å². The van der Waals surface area contributed by atoms with Crippen LogP contribution in [0.3, 0.4) is 0 Å². The highest BCUT2D eigenvalue weighted by atomic mass is 16.6. The van der Waals surface area contributed by atoms with Crippen LogP contribution in [0.15, 0.2) is 54.6 Å². The highest BCUT2D eigenvalue weighted by Gasteiger charge is 2.29.